The predicted octanol–water partition coefficient (Wildman–Crippen LogP) is 3.15. The Morgan fingerprint density at radius 3 is 2.77 bits per heavy atom. The summed E-state index contributed by atoms with van der Waals surface area (Å²) in [5, 5.41) is 6.84. The second-order valence-corrected chi connectivity index (χ2v) is 6.87. The molecule has 5 nitrogen and oxygen atoms in total. The van der Waals surface area contributed by atoms with Gasteiger partial charge in [0.1, 0.15) is 0 Å². The second kappa shape index (κ2) is 12.7. The maximum atomic E-state index is 5.90. The zero-order chi connectivity index (χ0) is 18.5. The molecule has 1 unspecified atom stereocenters. The largest absolute Gasteiger partial charge is 0.381 e. The number of ether oxygens (including phenoxy) is 2. The molecule has 1 aliphatic rings. The van der Waals surface area contributed by atoms with Crippen LogP contribution in [0.25, 0.3) is 0 Å². The van der Waals surface area contributed by atoms with Crippen molar-refractivity contribution in [1.29, 1.82) is 0 Å². The number of rotatable bonds is 10. The first kappa shape index (κ1) is 20.7. The third-order valence-electron chi connectivity index (χ3n) is 4.53. The van der Waals surface area contributed by atoms with Gasteiger partial charge in [-0.05, 0) is 51.5 Å². The molecule has 0 bridgehead atoms. The number of nitrogens with one attached hydrogen (secondary N) is 2. The van der Waals surface area contributed by atoms with E-state index in [0.717, 1.165) is 71.0 Å². The molecule has 1 heterocycles. The SMILES string of the molecule is CCNC(=NCCCOC1CCOCC1)NC(C)CCc1ccccc1. The van der Waals surface area contributed by atoms with Gasteiger partial charge in [0.05, 0.1) is 6.10 Å². The lowest BCUT2D eigenvalue weighted by Crippen LogP contribution is -2.42. The van der Waals surface area contributed by atoms with E-state index < -0.39 is 0 Å². The van der Waals surface area contributed by atoms with Gasteiger partial charge in [0.25, 0.3) is 0 Å². The number of guanidine groups is 1. The Hall–Kier alpha value is -1.59. The van der Waals surface area contributed by atoms with Crippen molar-refractivity contribution in [2.45, 2.75) is 58.1 Å². The van der Waals surface area contributed by atoms with Crippen LogP contribution in [0, 0.1) is 0 Å². The quantitative estimate of drug-likeness (QED) is 0.382. The van der Waals surface area contributed by atoms with E-state index in [1.807, 2.05) is 0 Å². The summed E-state index contributed by atoms with van der Waals surface area (Å²) in [7, 11) is 0. The Morgan fingerprint density at radius 2 is 2.04 bits per heavy atom. The summed E-state index contributed by atoms with van der Waals surface area (Å²) in [6, 6.07) is 11.0. The van der Waals surface area contributed by atoms with Crippen molar-refractivity contribution in [3.8, 4) is 0 Å². The minimum Gasteiger partial charge on any atom is -0.381 e. The summed E-state index contributed by atoms with van der Waals surface area (Å²) in [5.74, 6) is 0.902. The van der Waals surface area contributed by atoms with Crippen LogP contribution < -0.4 is 10.6 Å². The number of aliphatic imine (C=N–C) groups is 1. The molecule has 2 rings (SSSR count). The molecule has 1 atom stereocenters. The fourth-order valence-corrected chi connectivity index (χ4v) is 3.00. The summed E-state index contributed by atoms with van der Waals surface area (Å²) < 4.78 is 11.3. The van der Waals surface area contributed by atoms with E-state index in [-0.39, 0.29) is 0 Å². The van der Waals surface area contributed by atoms with Crippen LogP contribution in [0.5, 0.6) is 0 Å². The highest BCUT2D eigenvalue weighted by Crippen LogP contribution is 2.10. The topological polar surface area (TPSA) is 54.9 Å². The van der Waals surface area contributed by atoms with E-state index in [1.165, 1.54) is 5.56 Å². The molecule has 0 aromatic heterocycles. The van der Waals surface area contributed by atoms with E-state index in [1.54, 1.807) is 0 Å². The minimum absolute atomic E-state index is 0.372. The minimum atomic E-state index is 0.372. The van der Waals surface area contributed by atoms with Gasteiger partial charge in [-0.15, -0.1) is 0 Å². The summed E-state index contributed by atoms with van der Waals surface area (Å²) in [6.07, 6.45) is 5.52. The van der Waals surface area contributed by atoms with Gasteiger partial charge in [0.15, 0.2) is 5.96 Å². The Balaban J connectivity index is 1.64. The number of hydrogen-bond donors (Lipinski definition) is 2. The van der Waals surface area contributed by atoms with Gasteiger partial charge >= 0.3 is 0 Å². The fraction of sp³-hybridized carbons (Fsp3) is 0.667. The Morgan fingerprint density at radius 1 is 1.27 bits per heavy atom. The molecule has 1 aliphatic heterocycles. The molecule has 26 heavy (non-hydrogen) atoms. The van der Waals surface area contributed by atoms with Crippen LogP contribution in [-0.2, 0) is 15.9 Å². The summed E-state index contributed by atoms with van der Waals surface area (Å²) in [4.78, 5) is 4.68. The maximum Gasteiger partial charge on any atom is 0.191 e. The molecule has 0 saturated carbocycles. The lowest BCUT2D eigenvalue weighted by molar-refractivity contribution is -0.0318. The summed E-state index contributed by atoms with van der Waals surface area (Å²) >= 11 is 0. The molecular formula is C21H35N3O2. The van der Waals surface area contributed by atoms with Crippen molar-refractivity contribution in [1.82, 2.24) is 10.6 Å². The number of benzene rings is 1. The van der Waals surface area contributed by atoms with Gasteiger partial charge in [-0.25, -0.2) is 0 Å². The van der Waals surface area contributed by atoms with Crippen LogP contribution in [-0.4, -0.2) is 51.0 Å². The monoisotopic (exact) mass is 361 g/mol. The van der Waals surface area contributed by atoms with Gasteiger partial charge in [0, 0.05) is 39.0 Å². The average Bonchev–Trinajstić information content (AvgIpc) is 2.68. The molecule has 1 aromatic rings. The molecular weight excluding hydrogens is 326 g/mol. The van der Waals surface area contributed by atoms with E-state index in [0.29, 0.717) is 12.1 Å². The summed E-state index contributed by atoms with van der Waals surface area (Å²) in [6.45, 7) is 8.40. The highest BCUT2D eigenvalue weighted by atomic mass is 16.5. The molecule has 5 heteroatoms. The van der Waals surface area contributed by atoms with E-state index in [2.05, 4.69) is 59.8 Å². The average molecular weight is 362 g/mol. The van der Waals surface area contributed by atoms with Crippen molar-refractivity contribution in [3.05, 3.63) is 35.9 Å². The first-order valence-electron chi connectivity index (χ1n) is 10.1. The summed E-state index contributed by atoms with van der Waals surface area (Å²) in [5.41, 5.74) is 1.38. The first-order valence-corrected chi connectivity index (χ1v) is 10.1. The molecule has 2 N–H and O–H groups in total. The zero-order valence-corrected chi connectivity index (χ0v) is 16.4. The highest BCUT2D eigenvalue weighted by Gasteiger charge is 2.13. The van der Waals surface area contributed by atoms with Crippen LogP contribution in [0.15, 0.2) is 35.3 Å². The third-order valence-corrected chi connectivity index (χ3v) is 4.53. The zero-order valence-electron chi connectivity index (χ0n) is 16.4. The predicted molar refractivity (Wildman–Crippen MR) is 108 cm³/mol. The van der Waals surface area contributed by atoms with Crippen molar-refractivity contribution < 1.29 is 9.47 Å². The third kappa shape index (κ3) is 8.68. The van der Waals surface area contributed by atoms with Crippen molar-refractivity contribution in [3.63, 3.8) is 0 Å². The number of aryl methyl sites for hydroxylation is 1. The fourth-order valence-electron chi connectivity index (χ4n) is 3.00. The standard InChI is InChI=1S/C21H35N3O2/c1-3-22-21(23-14-7-15-26-20-12-16-25-17-13-20)24-18(2)10-11-19-8-5-4-6-9-19/h4-6,8-9,18,20H,3,7,10-17H2,1-2H3,(H2,22,23,24). The van der Waals surface area contributed by atoms with Crippen LogP contribution in [0.2, 0.25) is 0 Å². The first-order chi connectivity index (χ1) is 12.8. The lowest BCUT2D eigenvalue weighted by atomic mass is 10.1. The smallest absolute Gasteiger partial charge is 0.191 e. The van der Waals surface area contributed by atoms with Gasteiger partial charge in [-0.2, -0.15) is 0 Å². The van der Waals surface area contributed by atoms with Gasteiger partial charge in [-0.3, -0.25) is 4.99 Å². The Bertz CT molecular complexity index is 501. The molecule has 0 amide bonds. The van der Waals surface area contributed by atoms with Gasteiger partial charge < -0.3 is 20.1 Å². The van der Waals surface area contributed by atoms with Crippen molar-refractivity contribution >= 4 is 5.96 Å². The normalized spacial score (nSPS) is 17.1. The second-order valence-electron chi connectivity index (χ2n) is 6.87. The number of hydrogen-bond acceptors (Lipinski definition) is 3. The van der Waals surface area contributed by atoms with Crippen LogP contribution in [0.1, 0.15) is 45.1 Å². The number of nitrogens with zero attached hydrogens (tertiary/aromatic N) is 1. The van der Waals surface area contributed by atoms with E-state index in [4.69, 9.17) is 9.47 Å². The lowest BCUT2D eigenvalue weighted by Gasteiger charge is -2.22. The Kier molecular flexibility index (Phi) is 10.1. The van der Waals surface area contributed by atoms with Crippen LogP contribution in [0.4, 0.5) is 0 Å². The maximum absolute atomic E-state index is 5.90. The molecule has 146 valence electrons. The molecule has 0 spiro atoms. The van der Waals surface area contributed by atoms with E-state index >= 15 is 0 Å². The molecule has 1 fully saturated rings. The van der Waals surface area contributed by atoms with Crippen molar-refractivity contribution in [2.24, 2.45) is 4.99 Å². The van der Waals surface area contributed by atoms with Crippen LogP contribution in [0.3, 0.4) is 0 Å². The van der Waals surface area contributed by atoms with E-state index in [9.17, 15) is 0 Å². The van der Waals surface area contributed by atoms with Gasteiger partial charge in [-0.1, -0.05) is 30.3 Å². The molecule has 0 radical (unpaired) electrons. The molecule has 1 saturated heterocycles. The van der Waals surface area contributed by atoms with Crippen LogP contribution >= 0.6 is 0 Å². The Labute approximate surface area is 158 Å². The molecule has 0 aliphatic carbocycles. The van der Waals surface area contributed by atoms with Gasteiger partial charge in [0.2, 0.25) is 0 Å². The van der Waals surface area contributed by atoms with Crippen molar-refractivity contribution in [2.75, 3.05) is 32.9 Å². The molecule has 1 aromatic carbocycles. The highest BCUT2D eigenvalue weighted by molar-refractivity contribution is 5.80.